The summed E-state index contributed by atoms with van der Waals surface area (Å²) in [6.45, 7) is 4.97. The lowest BCUT2D eigenvalue weighted by Crippen LogP contribution is -2.08. The van der Waals surface area contributed by atoms with Crippen LogP contribution in [0.15, 0.2) is 18.2 Å². The minimum Gasteiger partial charge on any atom is -0.466 e. The molecule has 2 atom stereocenters. The van der Waals surface area contributed by atoms with E-state index in [9.17, 15) is 13.6 Å². The molecule has 0 bridgehead atoms. The van der Waals surface area contributed by atoms with Crippen molar-refractivity contribution in [3.8, 4) is 0 Å². The fourth-order valence-electron chi connectivity index (χ4n) is 2.22. The van der Waals surface area contributed by atoms with Crippen LogP contribution in [-0.4, -0.2) is 31.9 Å². The van der Waals surface area contributed by atoms with E-state index >= 15 is 0 Å². The van der Waals surface area contributed by atoms with E-state index in [4.69, 9.17) is 14.2 Å². The molecule has 0 aromatic heterocycles. The topological polar surface area (TPSA) is 48.1 Å². The van der Waals surface area contributed by atoms with Crippen LogP contribution in [0, 0.1) is 11.6 Å². The van der Waals surface area contributed by atoms with Gasteiger partial charge in [-0.25, -0.2) is 8.78 Å². The predicted molar refractivity (Wildman–Crippen MR) is 85.4 cm³/mol. The standard InChI is InChI=1S/C18H22F2O4/c1-3-22-18(21)7-5-4-6-13-8-16(19)17(20)9-15(13)12(2)23-10-14-11-24-14/h4,6,8-9,12,14H,3,5,7,10-11H2,1-2H3/b6-4+/t12-,14+/m1/s1. The van der Waals surface area contributed by atoms with E-state index in [1.165, 1.54) is 0 Å². The van der Waals surface area contributed by atoms with Gasteiger partial charge in [-0.15, -0.1) is 0 Å². The summed E-state index contributed by atoms with van der Waals surface area (Å²) in [7, 11) is 0. The molecular formula is C18H22F2O4. The summed E-state index contributed by atoms with van der Waals surface area (Å²) >= 11 is 0. The van der Waals surface area contributed by atoms with E-state index in [0.717, 1.165) is 12.1 Å². The number of allylic oxidation sites excluding steroid dienone is 1. The Morgan fingerprint density at radius 3 is 2.79 bits per heavy atom. The van der Waals surface area contributed by atoms with Crippen molar-refractivity contribution < 1.29 is 27.8 Å². The molecule has 24 heavy (non-hydrogen) atoms. The molecule has 0 radical (unpaired) electrons. The number of rotatable bonds is 9. The van der Waals surface area contributed by atoms with Crippen LogP contribution >= 0.6 is 0 Å². The predicted octanol–water partition coefficient (Wildman–Crippen LogP) is 3.80. The maximum absolute atomic E-state index is 13.6. The number of halogens is 2. The van der Waals surface area contributed by atoms with Gasteiger partial charge in [-0.3, -0.25) is 4.79 Å². The lowest BCUT2D eigenvalue weighted by Gasteiger charge is -2.16. The molecule has 2 rings (SSSR count). The quantitative estimate of drug-likeness (QED) is 0.507. The van der Waals surface area contributed by atoms with Crippen molar-refractivity contribution in [2.24, 2.45) is 0 Å². The van der Waals surface area contributed by atoms with E-state index in [1.54, 1.807) is 26.0 Å². The smallest absolute Gasteiger partial charge is 0.306 e. The van der Waals surface area contributed by atoms with E-state index in [2.05, 4.69) is 0 Å². The fraction of sp³-hybridized carbons (Fsp3) is 0.500. The van der Waals surface area contributed by atoms with Gasteiger partial charge in [-0.05, 0) is 43.5 Å². The Balaban J connectivity index is 2.02. The molecule has 4 nitrogen and oxygen atoms in total. The van der Waals surface area contributed by atoms with E-state index in [-0.39, 0.29) is 18.5 Å². The monoisotopic (exact) mass is 340 g/mol. The Kier molecular flexibility index (Phi) is 6.87. The average Bonchev–Trinajstić information content (AvgIpc) is 3.36. The summed E-state index contributed by atoms with van der Waals surface area (Å²) in [6.07, 6.45) is 3.82. The molecule has 6 heteroatoms. The van der Waals surface area contributed by atoms with Gasteiger partial charge in [-0.2, -0.15) is 0 Å². The first-order valence-corrected chi connectivity index (χ1v) is 8.05. The summed E-state index contributed by atoms with van der Waals surface area (Å²) in [5.41, 5.74) is 1.09. The summed E-state index contributed by atoms with van der Waals surface area (Å²) < 4.78 is 42.7. The van der Waals surface area contributed by atoms with Crippen LogP contribution in [0.4, 0.5) is 8.78 Å². The molecule has 1 aromatic rings. The first kappa shape index (κ1) is 18.5. The second-order valence-electron chi connectivity index (χ2n) is 5.57. The van der Waals surface area contributed by atoms with Crippen LogP contribution in [0.2, 0.25) is 0 Å². The molecule has 0 aliphatic carbocycles. The molecule has 1 aliphatic heterocycles. The third-order valence-electron chi connectivity index (χ3n) is 3.62. The van der Waals surface area contributed by atoms with Crippen LogP contribution in [0.3, 0.4) is 0 Å². The van der Waals surface area contributed by atoms with E-state index in [1.807, 2.05) is 0 Å². The Bertz CT molecular complexity index is 597. The molecule has 1 fully saturated rings. The molecule has 132 valence electrons. The number of carbonyl (C=O) groups is 1. The van der Waals surface area contributed by atoms with Gasteiger partial charge in [-0.1, -0.05) is 12.2 Å². The number of hydrogen-bond acceptors (Lipinski definition) is 4. The van der Waals surface area contributed by atoms with Crippen molar-refractivity contribution in [1.82, 2.24) is 0 Å². The van der Waals surface area contributed by atoms with Crippen LogP contribution in [0.5, 0.6) is 0 Å². The van der Waals surface area contributed by atoms with E-state index < -0.39 is 17.7 Å². The highest BCUT2D eigenvalue weighted by molar-refractivity contribution is 5.69. The van der Waals surface area contributed by atoms with Gasteiger partial charge < -0.3 is 14.2 Å². The van der Waals surface area contributed by atoms with Gasteiger partial charge in [0.25, 0.3) is 0 Å². The Morgan fingerprint density at radius 1 is 1.42 bits per heavy atom. The van der Waals surface area contributed by atoms with Crippen molar-refractivity contribution in [3.05, 3.63) is 41.0 Å². The highest BCUT2D eigenvalue weighted by Crippen LogP contribution is 2.26. The zero-order valence-electron chi connectivity index (χ0n) is 13.9. The Labute approximate surface area is 140 Å². The lowest BCUT2D eigenvalue weighted by molar-refractivity contribution is -0.142. The van der Waals surface area contributed by atoms with Gasteiger partial charge in [0, 0.05) is 6.42 Å². The highest BCUT2D eigenvalue weighted by atomic mass is 19.2. The van der Waals surface area contributed by atoms with Gasteiger partial charge in [0.05, 0.1) is 25.9 Å². The lowest BCUT2D eigenvalue weighted by atomic mass is 10.0. The summed E-state index contributed by atoms with van der Waals surface area (Å²) in [6, 6.07) is 2.29. The maximum Gasteiger partial charge on any atom is 0.306 e. The van der Waals surface area contributed by atoms with Gasteiger partial charge in [0.2, 0.25) is 0 Å². The van der Waals surface area contributed by atoms with Crippen LogP contribution in [0.1, 0.15) is 43.9 Å². The number of ether oxygens (including phenoxy) is 3. The molecule has 0 amide bonds. The molecular weight excluding hydrogens is 318 g/mol. The molecule has 0 unspecified atom stereocenters. The average molecular weight is 340 g/mol. The van der Waals surface area contributed by atoms with Crippen molar-refractivity contribution in [2.75, 3.05) is 19.8 Å². The number of hydrogen-bond donors (Lipinski definition) is 0. The van der Waals surface area contributed by atoms with Crippen LogP contribution in [0.25, 0.3) is 6.08 Å². The highest BCUT2D eigenvalue weighted by Gasteiger charge is 2.24. The Morgan fingerprint density at radius 2 is 2.12 bits per heavy atom. The summed E-state index contributed by atoms with van der Waals surface area (Å²) in [5.74, 6) is -2.11. The third-order valence-corrected chi connectivity index (χ3v) is 3.62. The third kappa shape index (κ3) is 5.69. The largest absolute Gasteiger partial charge is 0.466 e. The van der Waals surface area contributed by atoms with Gasteiger partial charge in [0.1, 0.15) is 6.10 Å². The number of esters is 1. The summed E-state index contributed by atoms with van der Waals surface area (Å²) in [5, 5.41) is 0. The molecule has 1 heterocycles. The van der Waals surface area contributed by atoms with Crippen molar-refractivity contribution in [1.29, 1.82) is 0 Å². The fourth-order valence-corrected chi connectivity index (χ4v) is 2.22. The van der Waals surface area contributed by atoms with Crippen molar-refractivity contribution >= 4 is 12.0 Å². The first-order valence-electron chi connectivity index (χ1n) is 8.05. The molecule has 0 saturated carbocycles. The van der Waals surface area contributed by atoms with Gasteiger partial charge >= 0.3 is 5.97 Å². The first-order chi connectivity index (χ1) is 11.5. The van der Waals surface area contributed by atoms with Crippen LogP contribution in [-0.2, 0) is 19.0 Å². The number of benzene rings is 1. The zero-order chi connectivity index (χ0) is 17.5. The number of epoxide rings is 1. The molecule has 0 spiro atoms. The molecule has 0 N–H and O–H groups in total. The molecule has 1 saturated heterocycles. The SMILES string of the molecule is CCOC(=O)CC/C=C/c1cc(F)c(F)cc1[C@@H](C)OC[C@H]1CO1. The molecule has 1 aromatic carbocycles. The second-order valence-corrected chi connectivity index (χ2v) is 5.57. The normalized spacial score (nSPS) is 17.9. The number of carbonyl (C=O) groups excluding carboxylic acids is 1. The van der Waals surface area contributed by atoms with Crippen LogP contribution < -0.4 is 0 Å². The zero-order valence-corrected chi connectivity index (χ0v) is 13.9. The van der Waals surface area contributed by atoms with Crippen molar-refractivity contribution in [2.45, 2.75) is 38.9 Å². The van der Waals surface area contributed by atoms with E-state index in [0.29, 0.717) is 37.4 Å². The Hall–Kier alpha value is -1.79. The van der Waals surface area contributed by atoms with Crippen molar-refractivity contribution in [3.63, 3.8) is 0 Å². The second kappa shape index (κ2) is 8.89. The minimum atomic E-state index is -0.915. The van der Waals surface area contributed by atoms with Gasteiger partial charge in [0.15, 0.2) is 11.6 Å². The maximum atomic E-state index is 13.6. The summed E-state index contributed by atoms with van der Waals surface area (Å²) in [4.78, 5) is 11.3. The molecule has 1 aliphatic rings. The minimum absolute atomic E-state index is 0.0984.